The SMILES string of the molecule is CCOc1cc2c(cc1OCC)-c1c(C#N)c(-c3nc4ccccc4s3)cn1CC2. The molecule has 3 heterocycles. The molecule has 0 saturated heterocycles. The summed E-state index contributed by atoms with van der Waals surface area (Å²) in [5.74, 6) is 1.49. The molecule has 0 N–H and O–H groups in total. The number of hydrogen-bond acceptors (Lipinski definition) is 5. The van der Waals surface area contributed by atoms with Gasteiger partial charge in [-0.15, -0.1) is 11.3 Å². The van der Waals surface area contributed by atoms with Gasteiger partial charge >= 0.3 is 0 Å². The lowest BCUT2D eigenvalue weighted by Gasteiger charge is -2.22. The average Bonchev–Trinajstić information content (AvgIpc) is 3.35. The van der Waals surface area contributed by atoms with Crippen molar-refractivity contribution in [2.75, 3.05) is 13.2 Å². The van der Waals surface area contributed by atoms with E-state index in [2.05, 4.69) is 29.0 Å². The maximum Gasteiger partial charge on any atom is 0.161 e. The quantitative estimate of drug-likeness (QED) is 0.422. The van der Waals surface area contributed by atoms with Gasteiger partial charge in [-0.2, -0.15) is 5.26 Å². The minimum atomic E-state index is 0.557. The number of thiazole rings is 1. The molecule has 150 valence electrons. The van der Waals surface area contributed by atoms with E-state index in [4.69, 9.17) is 14.5 Å². The smallest absolute Gasteiger partial charge is 0.161 e. The third kappa shape index (κ3) is 2.94. The summed E-state index contributed by atoms with van der Waals surface area (Å²) in [5, 5.41) is 11.0. The normalized spacial score (nSPS) is 12.3. The largest absolute Gasteiger partial charge is 0.490 e. The fourth-order valence-corrected chi connectivity index (χ4v) is 5.07. The molecule has 2 aromatic heterocycles. The molecule has 4 aromatic rings. The summed E-state index contributed by atoms with van der Waals surface area (Å²) >= 11 is 1.62. The molecule has 0 spiro atoms. The summed E-state index contributed by atoms with van der Waals surface area (Å²) in [6, 6.07) is 14.6. The van der Waals surface area contributed by atoms with Crippen LogP contribution in [0.4, 0.5) is 0 Å². The molecule has 5 nitrogen and oxygen atoms in total. The fraction of sp³-hybridized carbons (Fsp3) is 0.250. The summed E-state index contributed by atoms with van der Waals surface area (Å²) in [4.78, 5) is 4.79. The number of fused-ring (bicyclic) bond motifs is 4. The van der Waals surface area contributed by atoms with Crippen LogP contribution >= 0.6 is 11.3 Å². The van der Waals surface area contributed by atoms with E-state index in [1.54, 1.807) is 11.3 Å². The topological polar surface area (TPSA) is 60.1 Å². The second-order valence-corrected chi connectivity index (χ2v) is 8.16. The molecule has 0 fully saturated rings. The maximum atomic E-state index is 10.1. The molecule has 30 heavy (non-hydrogen) atoms. The summed E-state index contributed by atoms with van der Waals surface area (Å²) in [6.45, 7) is 5.89. The standard InChI is InChI=1S/C24H21N3O2S/c1-3-28-20-11-15-9-10-27-14-18(24-26-19-7-5-6-8-22(19)30-24)17(13-25)23(27)16(15)12-21(20)29-4-2/h5-8,11-12,14H,3-4,9-10H2,1-2H3. The molecule has 2 aromatic carbocycles. The molecular weight excluding hydrogens is 394 g/mol. The van der Waals surface area contributed by atoms with Crippen LogP contribution in [-0.4, -0.2) is 22.8 Å². The molecular formula is C24H21N3O2S. The van der Waals surface area contributed by atoms with Crippen molar-refractivity contribution in [3.05, 3.63) is 53.7 Å². The van der Waals surface area contributed by atoms with Crippen molar-refractivity contribution in [3.63, 3.8) is 0 Å². The van der Waals surface area contributed by atoms with Gasteiger partial charge in [-0.25, -0.2) is 4.98 Å². The molecule has 0 radical (unpaired) electrons. The van der Waals surface area contributed by atoms with Crippen molar-refractivity contribution in [3.8, 4) is 39.4 Å². The molecule has 0 saturated carbocycles. The zero-order chi connectivity index (χ0) is 20.7. The highest BCUT2D eigenvalue weighted by molar-refractivity contribution is 7.21. The van der Waals surface area contributed by atoms with Gasteiger partial charge in [0.1, 0.15) is 11.1 Å². The number of para-hydroxylation sites is 1. The first-order valence-corrected chi connectivity index (χ1v) is 11.0. The monoisotopic (exact) mass is 415 g/mol. The fourth-order valence-electron chi connectivity index (χ4n) is 4.09. The van der Waals surface area contributed by atoms with Crippen molar-refractivity contribution in [1.82, 2.24) is 9.55 Å². The number of rotatable bonds is 5. The van der Waals surface area contributed by atoms with E-state index in [0.717, 1.165) is 56.5 Å². The first-order chi connectivity index (χ1) is 14.7. The Balaban J connectivity index is 1.69. The Kier molecular flexibility index (Phi) is 4.68. The van der Waals surface area contributed by atoms with E-state index < -0.39 is 0 Å². The summed E-state index contributed by atoms with van der Waals surface area (Å²) in [6.07, 6.45) is 2.96. The molecule has 6 heteroatoms. The highest BCUT2D eigenvalue weighted by atomic mass is 32.1. The summed E-state index contributed by atoms with van der Waals surface area (Å²) in [5.41, 5.74) is 5.69. The van der Waals surface area contributed by atoms with E-state index in [-0.39, 0.29) is 0 Å². The molecule has 1 aliphatic rings. The van der Waals surface area contributed by atoms with E-state index in [1.165, 1.54) is 5.56 Å². The maximum absolute atomic E-state index is 10.1. The summed E-state index contributed by atoms with van der Waals surface area (Å²) < 4.78 is 15.0. The number of nitriles is 1. The average molecular weight is 416 g/mol. The van der Waals surface area contributed by atoms with E-state index in [9.17, 15) is 5.26 Å². The minimum Gasteiger partial charge on any atom is -0.490 e. The number of benzene rings is 2. The predicted molar refractivity (Wildman–Crippen MR) is 119 cm³/mol. The van der Waals surface area contributed by atoms with Gasteiger partial charge in [0.15, 0.2) is 11.5 Å². The Labute approximate surface area is 179 Å². The van der Waals surface area contributed by atoms with Crippen LogP contribution in [0.2, 0.25) is 0 Å². The van der Waals surface area contributed by atoms with E-state index in [0.29, 0.717) is 18.8 Å². The van der Waals surface area contributed by atoms with Crippen LogP contribution in [0.3, 0.4) is 0 Å². The number of hydrogen-bond donors (Lipinski definition) is 0. The zero-order valence-corrected chi connectivity index (χ0v) is 17.8. The number of aryl methyl sites for hydroxylation is 2. The zero-order valence-electron chi connectivity index (χ0n) is 16.9. The van der Waals surface area contributed by atoms with Crippen molar-refractivity contribution in [2.24, 2.45) is 0 Å². The number of nitrogens with zero attached hydrogens (tertiary/aromatic N) is 3. The van der Waals surface area contributed by atoms with Crippen molar-refractivity contribution in [2.45, 2.75) is 26.8 Å². The van der Waals surface area contributed by atoms with Crippen molar-refractivity contribution in [1.29, 1.82) is 5.26 Å². The van der Waals surface area contributed by atoms with Gasteiger partial charge in [-0.1, -0.05) is 12.1 Å². The van der Waals surface area contributed by atoms with Crippen LogP contribution in [0.1, 0.15) is 25.0 Å². The van der Waals surface area contributed by atoms with Gasteiger partial charge in [0.05, 0.1) is 34.7 Å². The van der Waals surface area contributed by atoms with E-state index in [1.807, 2.05) is 38.1 Å². The molecule has 0 amide bonds. The molecule has 1 aliphatic heterocycles. The molecule has 5 rings (SSSR count). The second kappa shape index (κ2) is 7.51. The van der Waals surface area contributed by atoms with E-state index >= 15 is 0 Å². The Morgan fingerprint density at radius 3 is 2.60 bits per heavy atom. The third-order valence-electron chi connectivity index (χ3n) is 5.36. The van der Waals surface area contributed by atoms with Crippen LogP contribution in [0.5, 0.6) is 11.5 Å². The van der Waals surface area contributed by atoms with Gasteiger partial charge < -0.3 is 14.0 Å². The molecule has 0 aliphatic carbocycles. The number of aromatic nitrogens is 2. The third-order valence-corrected chi connectivity index (χ3v) is 6.43. The lowest BCUT2D eigenvalue weighted by molar-refractivity contribution is 0.287. The van der Waals surface area contributed by atoms with Crippen LogP contribution in [0, 0.1) is 11.3 Å². The van der Waals surface area contributed by atoms with Crippen LogP contribution in [0.25, 0.3) is 32.0 Å². The van der Waals surface area contributed by atoms with Crippen LogP contribution in [-0.2, 0) is 13.0 Å². The van der Waals surface area contributed by atoms with Gasteiger partial charge in [-0.05, 0) is 50.1 Å². The predicted octanol–water partition coefficient (Wildman–Crippen LogP) is 5.66. The van der Waals surface area contributed by atoms with Crippen LogP contribution < -0.4 is 9.47 Å². The van der Waals surface area contributed by atoms with Gasteiger partial charge in [0.2, 0.25) is 0 Å². The van der Waals surface area contributed by atoms with Gasteiger partial charge in [-0.3, -0.25) is 0 Å². The Bertz CT molecular complexity index is 1260. The second-order valence-electron chi connectivity index (χ2n) is 7.13. The van der Waals surface area contributed by atoms with Crippen molar-refractivity contribution < 1.29 is 9.47 Å². The summed E-state index contributed by atoms with van der Waals surface area (Å²) in [7, 11) is 0. The first kappa shape index (κ1) is 18.7. The molecule has 0 bridgehead atoms. The lowest BCUT2D eigenvalue weighted by atomic mass is 9.95. The van der Waals surface area contributed by atoms with Gasteiger partial charge in [0, 0.05) is 23.9 Å². The highest BCUT2D eigenvalue weighted by Crippen LogP contribution is 2.44. The number of ether oxygens (including phenoxy) is 2. The lowest BCUT2D eigenvalue weighted by Crippen LogP contribution is -2.11. The Morgan fingerprint density at radius 1 is 1.10 bits per heavy atom. The van der Waals surface area contributed by atoms with Crippen LogP contribution in [0.15, 0.2) is 42.6 Å². The van der Waals surface area contributed by atoms with Crippen molar-refractivity contribution >= 4 is 21.6 Å². The highest BCUT2D eigenvalue weighted by Gasteiger charge is 2.27. The Hall–Kier alpha value is -3.30. The molecule has 0 atom stereocenters. The Morgan fingerprint density at radius 2 is 1.87 bits per heavy atom. The minimum absolute atomic E-state index is 0.557. The first-order valence-electron chi connectivity index (χ1n) is 10.2. The molecule has 0 unspecified atom stereocenters. The van der Waals surface area contributed by atoms with Gasteiger partial charge in [0.25, 0.3) is 0 Å².